The fraction of sp³-hybridized carbons (Fsp3) is 0.864. The fourth-order valence-electron chi connectivity index (χ4n) is 4.34. The summed E-state index contributed by atoms with van der Waals surface area (Å²) in [6.07, 6.45) is 1.40. The molecule has 1 aliphatic carbocycles. The Morgan fingerprint density at radius 3 is 2.21 bits per heavy atom. The normalized spacial score (nSPS) is 38.1. The van der Waals surface area contributed by atoms with Crippen molar-refractivity contribution in [3.8, 4) is 11.8 Å². The highest BCUT2D eigenvalue weighted by atomic mass is 16.8. The van der Waals surface area contributed by atoms with Crippen LogP contribution in [0, 0.1) is 17.8 Å². The van der Waals surface area contributed by atoms with Gasteiger partial charge in [-0.25, -0.2) is 4.79 Å². The molecule has 7 nitrogen and oxygen atoms in total. The van der Waals surface area contributed by atoms with Gasteiger partial charge in [0.15, 0.2) is 0 Å². The first-order chi connectivity index (χ1) is 13.5. The number of amides is 1. The largest absolute Gasteiger partial charge is 0.444 e. The average molecular weight is 410 g/mol. The molecule has 0 bridgehead atoms. The van der Waals surface area contributed by atoms with Gasteiger partial charge in [-0.1, -0.05) is 12.8 Å². The minimum Gasteiger partial charge on any atom is -0.444 e. The predicted octanol–water partition coefficient (Wildman–Crippen LogP) is 3.31. The number of fused-ring (bicyclic) bond motifs is 1. The number of piperidine rings is 1. The maximum Gasteiger partial charge on any atom is 0.410 e. The summed E-state index contributed by atoms with van der Waals surface area (Å²) in [5.74, 6) is 4.16. The van der Waals surface area contributed by atoms with Crippen molar-refractivity contribution in [2.75, 3.05) is 20.8 Å². The van der Waals surface area contributed by atoms with Crippen LogP contribution in [0.3, 0.4) is 0 Å². The number of ether oxygens (including phenoxy) is 5. The van der Waals surface area contributed by atoms with E-state index in [-0.39, 0.29) is 23.7 Å². The molecule has 1 saturated carbocycles. The highest BCUT2D eigenvalue weighted by Crippen LogP contribution is 2.56. The van der Waals surface area contributed by atoms with Crippen LogP contribution in [0.1, 0.15) is 60.8 Å². The van der Waals surface area contributed by atoms with Crippen molar-refractivity contribution in [1.29, 1.82) is 0 Å². The Labute approximate surface area is 174 Å². The molecule has 0 aromatic heterocycles. The van der Waals surface area contributed by atoms with Gasteiger partial charge in [0.2, 0.25) is 11.6 Å². The van der Waals surface area contributed by atoms with Gasteiger partial charge in [-0.2, -0.15) is 0 Å². The zero-order valence-corrected chi connectivity index (χ0v) is 19.0. The fourth-order valence-corrected chi connectivity index (χ4v) is 4.34. The quantitative estimate of drug-likeness (QED) is 0.652. The minimum atomic E-state index is -1.13. The first kappa shape index (κ1) is 22.4. The Morgan fingerprint density at radius 2 is 1.72 bits per heavy atom. The van der Waals surface area contributed by atoms with Crippen LogP contribution >= 0.6 is 0 Å². The third-order valence-electron chi connectivity index (χ3n) is 6.33. The molecule has 0 aromatic rings. The molecule has 0 aromatic carbocycles. The summed E-state index contributed by atoms with van der Waals surface area (Å²) in [7, 11) is 3.14. The lowest BCUT2D eigenvalue weighted by Crippen LogP contribution is -2.72. The van der Waals surface area contributed by atoms with Gasteiger partial charge in [0.25, 0.3) is 0 Å². The smallest absolute Gasteiger partial charge is 0.410 e. The van der Waals surface area contributed by atoms with Crippen LogP contribution in [-0.4, -0.2) is 66.7 Å². The standard InChI is InChI=1S/C22H35NO6/c1-9-10-11-15-17-16(27-20(5,25-7)21(6,26-8)28-17)14-23(22(15)12-13-22)18(24)29-19(2,3)4/h15-17H,9,12-14H2,1-8H3/t15-,16-,17-,20+,21+/m1/s1. The summed E-state index contributed by atoms with van der Waals surface area (Å²) in [4.78, 5) is 14.9. The lowest BCUT2D eigenvalue weighted by molar-refractivity contribution is -0.456. The second-order valence-corrected chi connectivity index (χ2v) is 9.39. The zero-order valence-electron chi connectivity index (χ0n) is 19.0. The van der Waals surface area contributed by atoms with Gasteiger partial charge in [0.1, 0.15) is 17.8 Å². The van der Waals surface area contributed by atoms with E-state index in [0.717, 1.165) is 19.3 Å². The number of methoxy groups -OCH3 is 2. The summed E-state index contributed by atoms with van der Waals surface area (Å²) >= 11 is 0. The minimum absolute atomic E-state index is 0.190. The van der Waals surface area contributed by atoms with Gasteiger partial charge in [-0.15, -0.1) is 5.92 Å². The Balaban J connectivity index is 1.99. The molecule has 29 heavy (non-hydrogen) atoms. The second kappa shape index (κ2) is 7.42. The SMILES string of the molecule is CCC#C[C@@H]1[C@H]2O[C@](C)(OC)[C@@](C)(OC)O[C@@H]2CN(C(=O)OC(C)(C)C)C12CC2. The van der Waals surface area contributed by atoms with Crippen molar-refractivity contribution < 1.29 is 28.5 Å². The molecule has 5 atom stereocenters. The van der Waals surface area contributed by atoms with Crippen molar-refractivity contribution in [2.24, 2.45) is 5.92 Å². The highest BCUT2D eigenvalue weighted by molar-refractivity contribution is 5.70. The lowest BCUT2D eigenvalue weighted by atomic mass is 9.81. The maximum atomic E-state index is 13.1. The van der Waals surface area contributed by atoms with Gasteiger partial charge in [-0.05, 0) is 47.5 Å². The summed E-state index contributed by atoms with van der Waals surface area (Å²) < 4.78 is 29.9. The number of hydrogen-bond acceptors (Lipinski definition) is 6. The summed E-state index contributed by atoms with van der Waals surface area (Å²) in [5, 5.41) is 0. The van der Waals surface area contributed by atoms with Crippen LogP contribution in [0.15, 0.2) is 0 Å². The van der Waals surface area contributed by atoms with Gasteiger partial charge in [0, 0.05) is 20.6 Å². The lowest BCUT2D eigenvalue weighted by Gasteiger charge is -2.57. The monoisotopic (exact) mass is 409 g/mol. The molecule has 164 valence electrons. The van der Waals surface area contributed by atoms with E-state index in [1.165, 1.54) is 0 Å². The third kappa shape index (κ3) is 3.76. The number of nitrogens with zero attached hydrogens (tertiary/aromatic N) is 1. The number of rotatable bonds is 2. The van der Waals surface area contributed by atoms with Crippen molar-refractivity contribution >= 4 is 6.09 Å². The Hall–Kier alpha value is -1.33. The Bertz CT molecular complexity index is 702. The van der Waals surface area contributed by atoms with Crippen molar-refractivity contribution in [1.82, 2.24) is 4.90 Å². The predicted molar refractivity (Wildman–Crippen MR) is 107 cm³/mol. The molecule has 2 aliphatic heterocycles. The van der Waals surface area contributed by atoms with Crippen LogP contribution < -0.4 is 0 Å². The molecule has 0 radical (unpaired) electrons. The van der Waals surface area contributed by atoms with E-state index >= 15 is 0 Å². The molecule has 7 heteroatoms. The summed E-state index contributed by atoms with van der Waals surface area (Å²) in [6, 6.07) is 0. The molecule has 3 rings (SSSR count). The van der Waals surface area contributed by atoms with Crippen LogP contribution in [0.5, 0.6) is 0 Å². The van der Waals surface area contributed by atoms with E-state index in [1.807, 2.05) is 39.5 Å². The molecule has 1 amide bonds. The number of hydrogen-bond donors (Lipinski definition) is 0. The van der Waals surface area contributed by atoms with E-state index in [2.05, 4.69) is 11.8 Å². The molecule has 2 saturated heterocycles. The van der Waals surface area contributed by atoms with Gasteiger partial charge >= 0.3 is 6.09 Å². The molecule has 3 fully saturated rings. The summed E-state index contributed by atoms with van der Waals surface area (Å²) in [6.45, 7) is 11.6. The van der Waals surface area contributed by atoms with Crippen LogP contribution in [0.2, 0.25) is 0 Å². The molecule has 0 N–H and O–H groups in total. The number of likely N-dealkylation sites (tertiary alicyclic amines) is 1. The van der Waals surface area contributed by atoms with Gasteiger partial charge < -0.3 is 23.7 Å². The van der Waals surface area contributed by atoms with Gasteiger partial charge in [-0.3, -0.25) is 4.90 Å². The Morgan fingerprint density at radius 1 is 1.14 bits per heavy atom. The van der Waals surface area contributed by atoms with E-state index < -0.39 is 23.3 Å². The topological polar surface area (TPSA) is 66.5 Å². The molecular formula is C22H35NO6. The van der Waals surface area contributed by atoms with Crippen LogP contribution in [-0.2, 0) is 23.7 Å². The number of carbonyl (C=O) groups is 1. The van der Waals surface area contributed by atoms with Crippen molar-refractivity contribution in [3.05, 3.63) is 0 Å². The third-order valence-corrected chi connectivity index (χ3v) is 6.33. The average Bonchev–Trinajstić information content (AvgIpc) is 3.42. The summed E-state index contributed by atoms with van der Waals surface area (Å²) in [5.41, 5.74) is -0.960. The van der Waals surface area contributed by atoms with E-state index in [1.54, 1.807) is 21.1 Å². The second-order valence-electron chi connectivity index (χ2n) is 9.39. The van der Waals surface area contributed by atoms with E-state index in [4.69, 9.17) is 23.7 Å². The van der Waals surface area contributed by atoms with Crippen LogP contribution in [0.25, 0.3) is 0 Å². The molecular weight excluding hydrogens is 374 g/mol. The molecule has 2 heterocycles. The number of carbonyl (C=O) groups excluding carboxylic acids is 1. The first-order valence-corrected chi connectivity index (χ1v) is 10.4. The molecule has 0 unspecified atom stereocenters. The van der Waals surface area contributed by atoms with Crippen LogP contribution in [0.4, 0.5) is 4.79 Å². The molecule has 3 aliphatic rings. The van der Waals surface area contributed by atoms with Crippen molar-refractivity contribution in [3.63, 3.8) is 0 Å². The molecule has 1 spiro atoms. The highest BCUT2D eigenvalue weighted by Gasteiger charge is 2.68. The van der Waals surface area contributed by atoms with Crippen molar-refractivity contribution in [2.45, 2.75) is 95.7 Å². The van der Waals surface area contributed by atoms with E-state index in [0.29, 0.717) is 6.54 Å². The Kier molecular flexibility index (Phi) is 5.72. The van der Waals surface area contributed by atoms with Gasteiger partial charge in [0.05, 0.1) is 18.0 Å². The zero-order chi connectivity index (χ0) is 21.7. The van der Waals surface area contributed by atoms with E-state index in [9.17, 15) is 4.79 Å². The maximum absolute atomic E-state index is 13.1. The first-order valence-electron chi connectivity index (χ1n) is 10.4.